The molecule has 5 rings (SSSR count). The smallest absolute Gasteiger partial charge is 0.264 e. The van der Waals surface area contributed by atoms with E-state index in [1.54, 1.807) is 47.0 Å². The highest BCUT2D eigenvalue weighted by atomic mass is 16.5. The first-order valence-corrected chi connectivity index (χ1v) is 10.9. The number of rotatable bonds is 7. The molecule has 2 aromatic heterocycles. The molecule has 3 aromatic carbocycles. The molecule has 1 amide bonds. The van der Waals surface area contributed by atoms with Crippen LogP contribution in [0.15, 0.2) is 84.0 Å². The third kappa shape index (κ3) is 4.13. The minimum Gasteiger partial charge on any atom is -0.497 e. The van der Waals surface area contributed by atoms with Gasteiger partial charge in [0.05, 0.1) is 26.4 Å². The van der Waals surface area contributed by atoms with Gasteiger partial charge in [-0.3, -0.25) is 14.2 Å². The molecule has 0 aliphatic carbocycles. The number of aromatic nitrogens is 4. The van der Waals surface area contributed by atoms with Gasteiger partial charge >= 0.3 is 0 Å². The molecule has 0 spiro atoms. The molecule has 0 bridgehead atoms. The van der Waals surface area contributed by atoms with Gasteiger partial charge in [-0.1, -0.05) is 48.5 Å². The fourth-order valence-corrected chi connectivity index (χ4v) is 4.03. The molecule has 8 heteroatoms. The number of nitrogens with one attached hydrogen (secondary N) is 1. The number of ether oxygens (including phenoxy) is 1. The predicted octanol–water partition coefficient (Wildman–Crippen LogP) is 3.23. The number of nitrogens with zero attached hydrogens (tertiary/aromatic N) is 4. The van der Waals surface area contributed by atoms with Crippen molar-refractivity contribution in [2.45, 2.75) is 13.1 Å². The van der Waals surface area contributed by atoms with Crippen LogP contribution in [0.2, 0.25) is 0 Å². The Bertz CT molecular complexity index is 1550. The topological polar surface area (TPSA) is 91.0 Å². The van der Waals surface area contributed by atoms with E-state index in [1.165, 1.54) is 6.20 Å². The third-order valence-electron chi connectivity index (χ3n) is 5.78. The van der Waals surface area contributed by atoms with Gasteiger partial charge in [0.15, 0.2) is 5.65 Å². The lowest BCUT2D eigenvalue weighted by Crippen LogP contribution is -2.27. The third-order valence-corrected chi connectivity index (χ3v) is 5.78. The van der Waals surface area contributed by atoms with Crippen LogP contribution in [-0.4, -0.2) is 38.9 Å². The normalized spacial score (nSPS) is 11.1. The van der Waals surface area contributed by atoms with E-state index in [2.05, 4.69) is 33.6 Å². The molecule has 0 saturated carbocycles. The van der Waals surface area contributed by atoms with Gasteiger partial charge in [-0.2, -0.15) is 5.10 Å². The van der Waals surface area contributed by atoms with E-state index in [0.717, 1.165) is 16.3 Å². The van der Waals surface area contributed by atoms with E-state index in [0.29, 0.717) is 42.0 Å². The number of hydrogen-bond donors (Lipinski definition) is 1. The number of benzene rings is 3. The minimum atomic E-state index is -0.208. The van der Waals surface area contributed by atoms with Crippen LogP contribution in [-0.2, 0) is 13.1 Å². The van der Waals surface area contributed by atoms with Crippen LogP contribution in [0.3, 0.4) is 0 Å². The van der Waals surface area contributed by atoms with Crippen LogP contribution in [0.5, 0.6) is 5.75 Å². The molecule has 0 aliphatic heterocycles. The lowest BCUT2D eigenvalue weighted by Gasteiger charge is -2.10. The van der Waals surface area contributed by atoms with Crippen molar-refractivity contribution in [1.82, 2.24) is 24.6 Å². The van der Waals surface area contributed by atoms with Gasteiger partial charge in [-0.05, 0) is 34.5 Å². The number of amides is 1. The largest absolute Gasteiger partial charge is 0.497 e. The Morgan fingerprint density at radius 1 is 1.03 bits per heavy atom. The van der Waals surface area contributed by atoms with Gasteiger partial charge in [-0.25, -0.2) is 9.67 Å². The quantitative estimate of drug-likeness (QED) is 0.409. The average Bonchev–Trinajstić information content (AvgIpc) is 3.29. The molecule has 0 aliphatic rings. The van der Waals surface area contributed by atoms with Crippen molar-refractivity contribution >= 4 is 27.7 Å². The van der Waals surface area contributed by atoms with Crippen molar-refractivity contribution in [3.63, 3.8) is 0 Å². The number of methoxy groups -OCH3 is 1. The molecule has 2 heterocycles. The fraction of sp³-hybridized carbons (Fsp3) is 0.154. The van der Waals surface area contributed by atoms with Gasteiger partial charge in [0, 0.05) is 12.1 Å². The number of carbonyl (C=O) groups excluding carboxylic acids is 1. The Labute approximate surface area is 195 Å². The molecule has 0 radical (unpaired) electrons. The lowest BCUT2D eigenvalue weighted by atomic mass is 10.0. The standard InChI is InChI=1S/C26H23N5O3/c1-34-21-10-5-8-19(14-21)25(32)27-12-13-31-24-23(15-29-31)26(33)30(17-28-24)16-20-9-4-7-18-6-2-3-11-22(18)20/h2-11,14-15,17H,12-13,16H2,1H3,(H,27,32). The predicted molar refractivity (Wildman–Crippen MR) is 130 cm³/mol. The first kappa shape index (κ1) is 21.4. The minimum absolute atomic E-state index is 0.149. The maximum absolute atomic E-state index is 13.1. The SMILES string of the molecule is COc1cccc(C(=O)NCCn2ncc3c(=O)n(Cc4cccc5ccccc45)cnc32)c1. The highest BCUT2D eigenvalue weighted by molar-refractivity contribution is 5.94. The van der Waals surface area contributed by atoms with Crippen molar-refractivity contribution in [3.05, 3.63) is 101 Å². The Hall–Kier alpha value is -4.46. The summed E-state index contributed by atoms with van der Waals surface area (Å²) in [6.45, 7) is 1.15. The van der Waals surface area contributed by atoms with Crippen LogP contribution in [0, 0.1) is 0 Å². The average molecular weight is 454 g/mol. The van der Waals surface area contributed by atoms with Crippen molar-refractivity contribution in [1.29, 1.82) is 0 Å². The van der Waals surface area contributed by atoms with E-state index in [-0.39, 0.29) is 11.5 Å². The summed E-state index contributed by atoms with van der Waals surface area (Å²) >= 11 is 0. The molecule has 8 nitrogen and oxygen atoms in total. The van der Waals surface area contributed by atoms with Gasteiger partial charge in [0.25, 0.3) is 11.5 Å². The second-order valence-electron chi connectivity index (χ2n) is 7.91. The van der Waals surface area contributed by atoms with E-state index in [4.69, 9.17) is 4.74 Å². The van der Waals surface area contributed by atoms with Gasteiger partial charge in [0.2, 0.25) is 0 Å². The van der Waals surface area contributed by atoms with Crippen LogP contribution in [0.25, 0.3) is 21.8 Å². The summed E-state index contributed by atoms with van der Waals surface area (Å²) in [6.07, 6.45) is 3.09. The summed E-state index contributed by atoms with van der Waals surface area (Å²) in [5.41, 5.74) is 1.91. The highest BCUT2D eigenvalue weighted by Crippen LogP contribution is 2.19. The Kier molecular flexibility index (Phi) is 5.78. The second-order valence-corrected chi connectivity index (χ2v) is 7.91. The summed E-state index contributed by atoms with van der Waals surface area (Å²) in [6, 6.07) is 21.1. The maximum atomic E-state index is 13.1. The molecule has 0 saturated heterocycles. The first-order chi connectivity index (χ1) is 16.6. The monoisotopic (exact) mass is 453 g/mol. The number of carbonyl (C=O) groups is 1. The Morgan fingerprint density at radius 2 is 1.85 bits per heavy atom. The molecular formula is C26H23N5O3. The van der Waals surface area contributed by atoms with E-state index >= 15 is 0 Å². The zero-order valence-electron chi connectivity index (χ0n) is 18.6. The molecule has 1 N–H and O–H groups in total. The van der Waals surface area contributed by atoms with E-state index in [1.807, 2.05) is 24.3 Å². The lowest BCUT2D eigenvalue weighted by molar-refractivity contribution is 0.0951. The molecule has 5 aromatic rings. The molecule has 0 fully saturated rings. The highest BCUT2D eigenvalue weighted by Gasteiger charge is 2.12. The summed E-state index contributed by atoms with van der Waals surface area (Å²) in [7, 11) is 1.56. The van der Waals surface area contributed by atoms with Crippen LogP contribution in [0.1, 0.15) is 15.9 Å². The molecule has 0 unspecified atom stereocenters. The van der Waals surface area contributed by atoms with Crippen LogP contribution in [0.4, 0.5) is 0 Å². The van der Waals surface area contributed by atoms with Crippen molar-refractivity contribution in [3.8, 4) is 5.75 Å². The van der Waals surface area contributed by atoms with Gasteiger partial charge < -0.3 is 10.1 Å². The molecule has 170 valence electrons. The summed E-state index contributed by atoms with van der Waals surface area (Å²) < 4.78 is 8.39. The zero-order chi connectivity index (χ0) is 23.5. The second kappa shape index (κ2) is 9.19. The van der Waals surface area contributed by atoms with Gasteiger partial charge in [0.1, 0.15) is 17.5 Å². The van der Waals surface area contributed by atoms with Crippen LogP contribution < -0.4 is 15.6 Å². The van der Waals surface area contributed by atoms with Crippen LogP contribution >= 0.6 is 0 Å². The van der Waals surface area contributed by atoms with E-state index in [9.17, 15) is 9.59 Å². The Morgan fingerprint density at radius 3 is 2.74 bits per heavy atom. The first-order valence-electron chi connectivity index (χ1n) is 10.9. The molecule has 0 atom stereocenters. The zero-order valence-corrected chi connectivity index (χ0v) is 18.6. The summed E-state index contributed by atoms with van der Waals surface area (Å²) in [5, 5.41) is 9.87. The van der Waals surface area contributed by atoms with Gasteiger partial charge in [-0.15, -0.1) is 0 Å². The van der Waals surface area contributed by atoms with E-state index < -0.39 is 0 Å². The number of fused-ring (bicyclic) bond motifs is 2. The fourth-order valence-electron chi connectivity index (χ4n) is 4.03. The summed E-state index contributed by atoms with van der Waals surface area (Å²) in [5.74, 6) is 0.412. The maximum Gasteiger partial charge on any atom is 0.264 e. The summed E-state index contributed by atoms with van der Waals surface area (Å²) in [4.78, 5) is 30.0. The number of hydrogen-bond acceptors (Lipinski definition) is 5. The van der Waals surface area contributed by atoms with Crippen molar-refractivity contribution < 1.29 is 9.53 Å². The molecular weight excluding hydrogens is 430 g/mol. The van der Waals surface area contributed by atoms with Crippen molar-refractivity contribution in [2.24, 2.45) is 0 Å². The molecule has 34 heavy (non-hydrogen) atoms. The van der Waals surface area contributed by atoms with Crippen molar-refractivity contribution in [2.75, 3.05) is 13.7 Å². The Balaban J connectivity index is 1.31.